The van der Waals surface area contributed by atoms with E-state index in [2.05, 4.69) is 10.6 Å². The molecule has 0 saturated heterocycles. The van der Waals surface area contributed by atoms with Crippen LogP contribution in [-0.4, -0.2) is 33.3 Å². The van der Waals surface area contributed by atoms with Gasteiger partial charge in [0.2, 0.25) is 0 Å². The summed E-state index contributed by atoms with van der Waals surface area (Å²) in [5.74, 6) is 1.09. The Hall–Kier alpha value is -2.76. The fraction of sp³-hybridized carbons (Fsp3) is 0.316. The smallest absolute Gasteiger partial charge is 0.314 e. The SMILES string of the molecule is COc1ccc(CCNC(=O)NCCc2ccc(F)cc2)cc1OC. The van der Waals surface area contributed by atoms with Crippen molar-refractivity contribution in [1.82, 2.24) is 10.6 Å². The number of ether oxygens (including phenoxy) is 2. The molecule has 2 N–H and O–H groups in total. The molecule has 0 saturated carbocycles. The van der Waals surface area contributed by atoms with E-state index in [0.717, 1.165) is 11.1 Å². The molecular weight excluding hydrogens is 323 g/mol. The average molecular weight is 346 g/mol. The second-order valence-electron chi connectivity index (χ2n) is 5.50. The lowest BCUT2D eigenvalue weighted by molar-refractivity contribution is 0.241. The predicted octanol–water partition coefficient (Wildman–Crippen LogP) is 2.93. The molecule has 2 rings (SSSR count). The van der Waals surface area contributed by atoms with E-state index in [0.29, 0.717) is 37.4 Å². The van der Waals surface area contributed by atoms with E-state index < -0.39 is 0 Å². The minimum atomic E-state index is -0.260. The van der Waals surface area contributed by atoms with Crippen LogP contribution in [0.1, 0.15) is 11.1 Å². The Morgan fingerprint density at radius 3 is 2.04 bits per heavy atom. The van der Waals surface area contributed by atoms with Crippen LogP contribution in [0.3, 0.4) is 0 Å². The molecule has 25 heavy (non-hydrogen) atoms. The summed E-state index contributed by atoms with van der Waals surface area (Å²) in [5.41, 5.74) is 2.02. The number of halogens is 1. The minimum Gasteiger partial charge on any atom is -0.493 e. The maximum Gasteiger partial charge on any atom is 0.314 e. The Balaban J connectivity index is 1.69. The summed E-state index contributed by atoms with van der Waals surface area (Å²) in [6, 6.07) is 11.7. The van der Waals surface area contributed by atoms with Gasteiger partial charge in [-0.3, -0.25) is 0 Å². The van der Waals surface area contributed by atoms with Crippen LogP contribution < -0.4 is 20.1 Å². The highest BCUT2D eigenvalue weighted by Crippen LogP contribution is 2.27. The number of carbonyl (C=O) groups excluding carboxylic acids is 1. The zero-order valence-corrected chi connectivity index (χ0v) is 14.5. The molecule has 6 heteroatoms. The molecule has 0 atom stereocenters. The maximum atomic E-state index is 12.8. The van der Waals surface area contributed by atoms with Crippen LogP contribution >= 0.6 is 0 Å². The average Bonchev–Trinajstić information content (AvgIpc) is 2.63. The van der Waals surface area contributed by atoms with Crippen LogP contribution in [0.2, 0.25) is 0 Å². The predicted molar refractivity (Wildman–Crippen MR) is 94.8 cm³/mol. The van der Waals surface area contributed by atoms with Crippen molar-refractivity contribution in [3.63, 3.8) is 0 Å². The van der Waals surface area contributed by atoms with Crippen molar-refractivity contribution in [2.24, 2.45) is 0 Å². The van der Waals surface area contributed by atoms with Gasteiger partial charge in [0, 0.05) is 13.1 Å². The Bertz CT molecular complexity index is 690. The molecule has 0 unspecified atom stereocenters. The first kappa shape index (κ1) is 18.6. The largest absolute Gasteiger partial charge is 0.493 e. The molecule has 0 radical (unpaired) electrons. The van der Waals surface area contributed by atoms with Crippen molar-refractivity contribution >= 4 is 6.03 Å². The quantitative estimate of drug-likeness (QED) is 0.773. The Labute approximate surface area is 147 Å². The van der Waals surface area contributed by atoms with Crippen LogP contribution in [0.4, 0.5) is 9.18 Å². The first-order chi connectivity index (χ1) is 12.1. The van der Waals surface area contributed by atoms with Crippen molar-refractivity contribution in [2.45, 2.75) is 12.8 Å². The molecule has 0 aliphatic rings. The molecule has 0 aliphatic heterocycles. The number of amides is 2. The summed E-state index contributed by atoms with van der Waals surface area (Å²) in [5, 5.41) is 5.59. The van der Waals surface area contributed by atoms with E-state index in [4.69, 9.17) is 9.47 Å². The zero-order chi connectivity index (χ0) is 18.1. The number of nitrogens with one attached hydrogen (secondary N) is 2. The van der Waals surface area contributed by atoms with Gasteiger partial charge < -0.3 is 20.1 Å². The van der Waals surface area contributed by atoms with Gasteiger partial charge in [-0.1, -0.05) is 18.2 Å². The van der Waals surface area contributed by atoms with Gasteiger partial charge in [-0.15, -0.1) is 0 Å². The van der Waals surface area contributed by atoms with Gasteiger partial charge >= 0.3 is 6.03 Å². The highest BCUT2D eigenvalue weighted by molar-refractivity contribution is 5.73. The van der Waals surface area contributed by atoms with E-state index in [-0.39, 0.29) is 11.8 Å². The van der Waals surface area contributed by atoms with Crippen molar-refractivity contribution in [1.29, 1.82) is 0 Å². The van der Waals surface area contributed by atoms with Crippen LogP contribution in [0.25, 0.3) is 0 Å². The first-order valence-electron chi connectivity index (χ1n) is 8.09. The summed E-state index contributed by atoms with van der Waals surface area (Å²) in [6.45, 7) is 1.01. The van der Waals surface area contributed by atoms with Gasteiger partial charge in [-0.25, -0.2) is 9.18 Å². The van der Waals surface area contributed by atoms with Crippen molar-refractivity contribution < 1.29 is 18.7 Å². The fourth-order valence-corrected chi connectivity index (χ4v) is 2.39. The maximum absolute atomic E-state index is 12.8. The van der Waals surface area contributed by atoms with Gasteiger partial charge in [0.15, 0.2) is 11.5 Å². The zero-order valence-electron chi connectivity index (χ0n) is 14.5. The topological polar surface area (TPSA) is 59.6 Å². The number of methoxy groups -OCH3 is 2. The van der Waals surface area contributed by atoms with Gasteiger partial charge in [-0.05, 0) is 48.2 Å². The summed E-state index contributed by atoms with van der Waals surface area (Å²) >= 11 is 0. The normalized spacial score (nSPS) is 10.2. The summed E-state index contributed by atoms with van der Waals surface area (Å²) in [4.78, 5) is 11.8. The Morgan fingerprint density at radius 2 is 1.44 bits per heavy atom. The molecule has 2 aromatic carbocycles. The van der Waals surface area contributed by atoms with Crippen LogP contribution in [0.5, 0.6) is 11.5 Å². The fourth-order valence-electron chi connectivity index (χ4n) is 2.39. The van der Waals surface area contributed by atoms with Crippen molar-refractivity contribution in [2.75, 3.05) is 27.3 Å². The van der Waals surface area contributed by atoms with E-state index in [9.17, 15) is 9.18 Å². The van der Waals surface area contributed by atoms with Crippen molar-refractivity contribution in [3.05, 3.63) is 59.4 Å². The highest BCUT2D eigenvalue weighted by Gasteiger charge is 2.05. The number of rotatable bonds is 8. The lowest BCUT2D eigenvalue weighted by Crippen LogP contribution is -2.37. The Morgan fingerprint density at radius 1 is 0.880 bits per heavy atom. The third kappa shape index (κ3) is 5.99. The molecule has 0 aromatic heterocycles. The molecule has 2 amide bonds. The van der Waals surface area contributed by atoms with E-state index in [1.165, 1.54) is 12.1 Å². The number of hydrogen-bond acceptors (Lipinski definition) is 3. The number of urea groups is 1. The molecule has 134 valence electrons. The lowest BCUT2D eigenvalue weighted by atomic mass is 10.1. The van der Waals surface area contributed by atoms with E-state index >= 15 is 0 Å². The van der Waals surface area contributed by atoms with Crippen LogP contribution in [0, 0.1) is 5.82 Å². The van der Waals surface area contributed by atoms with E-state index in [1.54, 1.807) is 26.4 Å². The summed E-state index contributed by atoms with van der Waals surface area (Å²) in [6.07, 6.45) is 1.34. The molecule has 5 nitrogen and oxygen atoms in total. The molecule has 2 aromatic rings. The van der Waals surface area contributed by atoms with Gasteiger partial charge in [0.25, 0.3) is 0 Å². The molecule has 0 spiro atoms. The van der Waals surface area contributed by atoms with Gasteiger partial charge in [0.05, 0.1) is 14.2 Å². The van der Waals surface area contributed by atoms with Gasteiger partial charge in [-0.2, -0.15) is 0 Å². The Kier molecular flexibility index (Phi) is 7.07. The molecule has 0 fully saturated rings. The molecule has 0 heterocycles. The van der Waals surface area contributed by atoms with E-state index in [1.807, 2.05) is 18.2 Å². The molecule has 0 aliphatic carbocycles. The standard InChI is InChI=1S/C19H23FN2O3/c1-24-17-8-5-15(13-18(17)25-2)10-12-22-19(23)21-11-9-14-3-6-16(20)7-4-14/h3-8,13H,9-12H2,1-2H3,(H2,21,22,23). The summed E-state index contributed by atoms with van der Waals surface area (Å²) in [7, 11) is 3.18. The van der Waals surface area contributed by atoms with Crippen LogP contribution in [-0.2, 0) is 12.8 Å². The lowest BCUT2D eigenvalue weighted by Gasteiger charge is -2.10. The monoisotopic (exact) mass is 346 g/mol. The second kappa shape index (κ2) is 9.52. The molecule has 0 bridgehead atoms. The number of benzene rings is 2. The second-order valence-corrected chi connectivity index (χ2v) is 5.50. The third-order valence-corrected chi connectivity index (χ3v) is 3.76. The van der Waals surface area contributed by atoms with Crippen LogP contribution in [0.15, 0.2) is 42.5 Å². The summed E-state index contributed by atoms with van der Waals surface area (Å²) < 4.78 is 23.3. The highest BCUT2D eigenvalue weighted by atomic mass is 19.1. The molecular formula is C19H23FN2O3. The third-order valence-electron chi connectivity index (χ3n) is 3.76. The van der Waals surface area contributed by atoms with Crippen molar-refractivity contribution in [3.8, 4) is 11.5 Å². The minimum absolute atomic E-state index is 0.220. The number of hydrogen-bond donors (Lipinski definition) is 2. The first-order valence-corrected chi connectivity index (χ1v) is 8.09. The van der Waals surface area contributed by atoms with Gasteiger partial charge in [0.1, 0.15) is 5.82 Å². The number of carbonyl (C=O) groups is 1.